The Morgan fingerprint density at radius 3 is 2.85 bits per heavy atom. The van der Waals surface area contributed by atoms with Crippen LogP contribution in [0.25, 0.3) is 0 Å². The molecule has 4 rings (SSSR count). The molecule has 2 aromatic heterocycles. The number of pyridine rings is 1. The quantitative estimate of drug-likeness (QED) is 0.576. The molecule has 7 heteroatoms. The van der Waals surface area contributed by atoms with E-state index in [1.165, 1.54) is 17.7 Å². The maximum Gasteiger partial charge on any atom is 0.251 e. The van der Waals surface area contributed by atoms with E-state index in [-0.39, 0.29) is 23.3 Å². The second-order valence-corrected chi connectivity index (χ2v) is 9.87. The third-order valence-electron chi connectivity index (χ3n) is 6.25. The number of nitrogens with one attached hydrogen (secondary N) is 2. The van der Waals surface area contributed by atoms with E-state index in [4.69, 9.17) is 0 Å². The Morgan fingerprint density at radius 2 is 2.12 bits per heavy atom. The zero-order chi connectivity index (χ0) is 23.4. The molecule has 0 radical (unpaired) electrons. The number of carbonyl (C=O) groups excluding carboxylic acids is 1. The molecule has 0 unspecified atom stereocenters. The number of piperidine rings is 1. The summed E-state index contributed by atoms with van der Waals surface area (Å²) in [6, 6.07) is 11.3. The summed E-state index contributed by atoms with van der Waals surface area (Å²) in [5.41, 5.74) is 3.51. The fraction of sp³-hybridized carbons (Fsp3) is 0.423. The standard InChI is InChI=1S/C26H32FN5O/c1-26(2,3)24-20(15-29-31-24)17-32-13-7-9-19(16-32)23(22-11-4-5-12-28-22)30-25(33)18-8-6-10-21(27)14-18/h4-6,8,10-12,14-15,19,23H,7,9,13,16-17H2,1-3H3,(H,29,31)(H,30,33)/t19-,23+/m1/s1. The molecule has 6 nitrogen and oxygen atoms in total. The van der Waals surface area contributed by atoms with Crippen LogP contribution in [0.4, 0.5) is 4.39 Å². The lowest BCUT2D eigenvalue weighted by Gasteiger charge is -2.37. The number of benzene rings is 1. The molecule has 3 aromatic rings. The van der Waals surface area contributed by atoms with E-state index in [9.17, 15) is 9.18 Å². The van der Waals surface area contributed by atoms with Gasteiger partial charge >= 0.3 is 0 Å². The molecule has 0 spiro atoms. The molecule has 3 heterocycles. The molecule has 0 aliphatic carbocycles. The van der Waals surface area contributed by atoms with Crippen LogP contribution in [0.15, 0.2) is 54.9 Å². The number of amides is 1. The van der Waals surface area contributed by atoms with E-state index >= 15 is 0 Å². The minimum atomic E-state index is -0.421. The average Bonchev–Trinajstić information content (AvgIpc) is 3.27. The highest BCUT2D eigenvalue weighted by Gasteiger charge is 2.31. The minimum absolute atomic E-state index is 0.00352. The lowest BCUT2D eigenvalue weighted by molar-refractivity contribution is 0.0874. The third-order valence-corrected chi connectivity index (χ3v) is 6.25. The number of likely N-dealkylation sites (tertiary alicyclic amines) is 1. The van der Waals surface area contributed by atoms with Crippen molar-refractivity contribution < 1.29 is 9.18 Å². The molecule has 1 aromatic carbocycles. The molecular formula is C26H32FN5O. The summed E-state index contributed by atoms with van der Waals surface area (Å²) >= 11 is 0. The van der Waals surface area contributed by atoms with Crippen molar-refractivity contribution in [2.24, 2.45) is 5.92 Å². The molecule has 1 aliphatic heterocycles. The molecule has 1 fully saturated rings. The van der Waals surface area contributed by atoms with Crippen molar-refractivity contribution in [3.8, 4) is 0 Å². The van der Waals surface area contributed by atoms with Crippen molar-refractivity contribution in [3.63, 3.8) is 0 Å². The van der Waals surface area contributed by atoms with Crippen LogP contribution in [0.3, 0.4) is 0 Å². The van der Waals surface area contributed by atoms with Crippen LogP contribution in [0.5, 0.6) is 0 Å². The van der Waals surface area contributed by atoms with Crippen molar-refractivity contribution in [1.82, 2.24) is 25.4 Å². The first-order valence-corrected chi connectivity index (χ1v) is 11.5. The van der Waals surface area contributed by atoms with Crippen LogP contribution in [0, 0.1) is 11.7 Å². The fourth-order valence-electron chi connectivity index (χ4n) is 4.68. The Kier molecular flexibility index (Phi) is 6.88. The predicted molar refractivity (Wildman–Crippen MR) is 126 cm³/mol. The van der Waals surface area contributed by atoms with E-state index in [0.717, 1.165) is 43.9 Å². The summed E-state index contributed by atoms with van der Waals surface area (Å²) in [5, 5.41) is 10.6. The van der Waals surface area contributed by atoms with Gasteiger partial charge in [-0.15, -0.1) is 0 Å². The summed E-state index contributed by atoms with van der Waals surface area (Å²) in [6.07, 6.45) is 5.69. The van der Waals surface area contributed by atoms with Gasteiger partial charge in [0.1, 0.15) is 5.82 Å². The highest BCUT2D eigenvalue weighted by molar-refractivity contribution is 5.94. The van der Waals surface area contributed by atoms with E-state index in [1.807, 2.05) is 24.4 Å². The topological polar surface area (TPSA) is 73.9 Å². The van der Waals surface area contributed by atoms with Crippen LogP contribution in [-0.4, -0.2) is 39.1 Å². The summed E-state index contributed by atoms with van der Waals surface area (Å²) in [7, 11) is 0. The normalized spacial score (nSPS) is 18.1. The number of carbonyl (C=O) groups is 1. The Hall–Kier alpha value is -3.06. The van der Waals surface area contributed by atoms with Gasteiger partial charge in [-0.1, -0.05) is 32.9 Å². The SMILES string of the molecule is CC(C)(C)c1[nH]ncc1CN1CCC[C@@H]([C@H](NC(=O)c2cccc(F)c2)c2ccccn2)C1. The molecule has 0 bridgehead atoms. The number of halogens is 1. The first-order chi connectivity index (χ1) is 15.8. The second kappa shape index (κ2) is 9.83. The lowest BCUT2D eigenvalue weighted by Crippen LogP contribution is -2.43. The summed E-state index contributed by atoms with van der Waals surface area (Å²) < 4.78 is 13.7. The fourth-order valence-corrected chi connectivity index (χ4v) is 4.68. The molecule has 2 atom stereocenters. The van der Waals surface area contributed by atoms with Gasteiger partial charge in [-0.2, -0.15) is 5.10 Å². The molecule has 0 saturated carbocycles. The van der Waals surface area contributed by atoms with Gasteiger partial charge in [0.2, 0.25) is 0 Å². The maximum absolute atomic E-state index is 13.7. The number of rotatable bonds is 6. The monoisotopic (exact) mass is 449 g/mol. The van der Waals surface area contributed by atoms with Gasteiger partial charge in [-0.05, 0) is 55.6 Å². The highest BCUT2D eigenvalue weighted by atomic mass is 19.1. The molecule has 2 N–H and O–H groups in total. The van der Waals surface area contributed by atoms with Gasteiger partial charge in [-0.25, -0.2) is 4.39 Å². The first kappa shape index (κ1) is 23.1. The van der Waals surface area contributed by atoms with Crippen molar-refractivity contribution in [1.29, 1.82) is 0 Å². The van der Waals surface area contributed by atoms with Gasteiger partial charge in [0.15, 0.2) is 0 Å². The third kappa shape index (κ3) is 5.66. The zero-order valence-corrected chi connectivity index (χ0v) is 19.5. The zero-order valence-electron chi connectivity index (χ0n) is 19.5. The van der Waals surface area contributed by atoms with Crippen molar-refractivity contribution in [2.45, 2.75) is 51.6 Å². The summed E-state index contributed by atoms with van der Waals surface area (Å²) in [6.45, 7) is 9.19. The van der Waals surface area contributed by atoms with Crippen LogP contribution in [0.1, 0.15) is 67.0 Å². The Morgan fingerprint density at radius 1 is 1.27 bits per heavy atom. The van der Waals surface area contributed by atoms with E-state index < -0.39 is 5.82 Å². The van der Waals surface area contributed by atoms with Gasteiger partial charge in [0.05, 0.1) is 17.9 Å². The Bertz CT molecular complexity index is 1080. The molecule has 1 amide bonds. The highest BCUT2D eigenvalue weighted by Crippen LogP contribution is 2.31. The number of nitrogens with zero attached hydrogens (tertiary/aromatic N) is 3. The number of H-pyrrole nitrogens is 1. The Labute approximate surface area is 194 Å². The molecular weight excluding hydrogens is 417 g/mol. The largest absolute Gasteiger partial charge is 0.343 e. The molecule has 1 aliphatic rings. The maximum atomic E-state index is 13.7. The van der Waals surface area contributed by atoms with Crippen molar-refractivity contribution in [3.05, 3.63) is 83.2 Å². The van der Waals surface area contributed by atoms with Crippen molar-refractivity contribution in [2.75, 3.05) is 13.1 Å². The Balaban J connectivity index is 1.53. The van der Waals surface area contributed by atoms with E-state index in [1.54, 1.807) is 18.3 Å². The van der Waals surface area contributed by atoms with Crippen LogP contribution in [0.2, 0.25) is 0 Å². The lowest BCUT2D eigenvalue weighted by atomic mass is 9.87. The van der Waals surface area contributed by atoms with Gasteiger partial charge < -0.3 is 5.32 Å². The molecule has 33 heavy (non-hydrogen) atoms. The summed E-state index contributed by atoms with van der Waals surface area (Å²) in [5.74, 6) is -0.515. The van der Waals surface area contributed by atoms with Crippen LogP contribution >= 0.6 is 0 Å². The van der Waals surface area contributed by atoms with E-state index in [0.29, 0.717) is 5.56 Å². The number of aromatic nitrogens is 3. The van der Waals surface area contributed by atoms with E-state index in [2.05, 4.69) is 46.2 Å². The van der Waals surface area contributed by atoms with Crippen molar-refractivity contribution >= 4 is 5.91 Å². The number of hydrogen-bond acceptors (Lipinski definition) is 4. The number of hydrogen-bond donors (Lipinski definition) is 2. The molecule has 174 valence electrons. The van der Waals surface area contributed by atoms with Crippen LogP contribution in [-0.2, 0) is 12.0 Å². The smallest absolute Gasteiger partial charge is 0.251 e. The number of aromatic amines is 1. The second-order valence-electron chi connectivity index (χ2n) is 9.87. The van der Waals surface area contributed by atoms with Gasteiger partial charge in [-0.3, -0.25) is 19.8 Å². The minimum Gasteiger partial charge on any atom is -0.343 e. The van der Waals surface area contributed by atoms with Gasteiger partial charge in [0.25, 0.3) is 5.91 Å². The van der Waals surface area contributed by atoms with Gasteiger partial charge in [0, 0.05) is 41.5 Å². The summed E-state index contributed by atoms with van der Waals surface area (Å²) in [4.78, 5) is 20.0. The molecule has 1 saturated heterocycles. The predicted octanol–water partition coefficient (Wildman–Crippen LogP) is 4.62. The average molecular weight is 450 g/mol. The first-order valence-electron chi connectivity index (χ1n) is 11.5. The van der Waals surface area contributed by atoms with Crippen LogP contribution < -0.4 is 5.32 Å².